The Morgan fingerprint density at radius 2 is 1.62 bits per heavy atom. The first-order valence-corrected chi connectivity index (χ1v) is 11.1. The normalized spacial score (nSPS) is 17.9. The molecule has 1 fully saturated rings. The number of aliphatic hydroxyl groups excluding tert-OH is 1. The summed E-state index contributed by atoms with van der Waals surface area (Å²) in [5.74, 6) is -1.59. The molecule has 1 atom stereocenters. The van der Waals surface area contributed by atoms with Crippen LogP contribution in [0.4, 0.5) is 5.13 Å². The van der Waals surface area contributed by atoms with Crippen LogP contribution in [0.3, 0.4) is 0 Å². The SMILES string of the molecule is Cc1ccc(C(O)=C2C(=O)C(=O)N(c3nc4ccc(C)cc4s3)[C@@H]2c2ccccc2)cc1. The number of amides is 1. The molecule has 2 heterocycles. The Hall–Kier alpha value is -3.77. The number of benzene rings is 3. The van der Waals surface area contributed by atoms with Crippen LogP contribution in [-0.2, 0) is 9.59 Å². The zero-order valence-electron chi connectivity index (χ0n) is 17.6. The number of aliphatic hydroxyl groups is 1. The van der Waals surface area contributed by atoms with Gasteiger partial charge in [-0.25, -0.2) is 4.98 Å². The molecule has 6 heteroatoms. The van der Waals surface area contributed by atoms with Crippen LogP contribution in [0.5, 0.6) is 0 Å². The smallest absolute Gasteiger partial charge is 0.301 e. The Bertz CT molecular complexity index is 1390. The minimum Gasteiger partial charge on any atom is -0.507 e. The fraction of sp³-hybridized carbons (Fsp3) is 0.115. The molecule has 1 aliphatic heterocycles. The van der Waals surface area contributed by atoms with Crippen molar-refractivity contribution in [1.29, 1.82) is 0 Å². The second kappa shape index (κ2) is 7.73. The van der Waals surface area contributed by atoms with Crippen LogP contribution in [0.2, 0.25) is 0 Å². The summed E-state index contributed by atoms with van der Waals surface area (Å²) >= 11 is 1.36. The highest BCUT2D eigenvalue weighted by Gasteiger charge is 2.48. The van der Waals surface area contributed by atoms with Gasteiger partial charge in [-0.1, -0.05) is 77.6 Å². The van der Waals surface area contributed by atoms with E-state index in [4.69, 9.17) is 0 Å². The second-order valence-electron chi connectivity index (χ2n) is 7.91. The van der Waals surface area contributed by atoms with E-state index in [1.54, 1.807) is 12.1 Å². The number of rotatable bonds is 3. The highest BCUT2D eigenvalue weighted by Crippen LogP contribution is 2.44. The molecule has 32 heavy (non-hydrogen) atoms. The van der Waals surface area contributed by atoms with Gasteiger partial charge in [0.2, 0.25) is 0 Å². The van der Waals surface area contributed by atoms with Crippen molar-refractivity contribution in [3.8, 4) is 0 Å². The van der Waals surface area contributed by atoms with Gasteiger partial charge in [0.25, 0.3) is 5.78 Å². The molecule has 5 rings (SSSR count). The number of carbonyl (C=O) groups is 2. The average molecular weight is 441 g/mol. The van der Waals surface area contributed by atoms with Gasteiger partial charge >= 0.3 is 5.91 Å². The van der Waals surface area contributed by atoms with Crippen LogP contribution in [0, 0.1) is 13.8 Å². The lowest BCUT2D eigenvalue weighted by atomic mass is 9.95. The number of aryl methyl sites for hydroxylation is 2. The van der Waals surface area contributed by atoms with E-state index in [1.165, 1.54) is 16.2 Å². The molecule has 0 radical (unpaired) electrons. The van der Waals surface area contributed by atoms with Gasteiger partial charge in [-0.15, -0.1) is 0 Å². The Labute approximate surface area is 189 Å². The van der Waals surface area contributed by atoms with Gasteiger partial charge in [0.1, 0.15) is 5.76 Å². The highest BCUT2D eigenvalue weighted by atomic mass is 32.1. The lowest BCUT2D eigenvalue weighted by Crippen LogP contribution is -2.29. The Balaban J connectivity index is 1.72. The number of hydrogen-bond donors (Lipinski definition) is 1. The third kappa shape index (κ3) is 3.29. The zero-order chi connectivity index (χ0) is 22.4. The van der Waals surface area contributed by atoms with Crippen molar-refractivity contribution < 1.29 is 14.7 Å². The molecule has 1 amide bonds. The van der Waals surface area contributed by atoms with Crippen LogP contribution >= 0.6 is 11.3 Å². The maximum absolute atomic E-state index is 13.2. The van der Waals surface area contributed by atoms with E-state index in [0.717, 1.165) is 26.9 Å². The van der Waals surface area contributed by atoms with Crippen molar-refractivity contribution in [2.75, 3.05) is 4.90 Å². The summed E-state index contributed by atoms with van der Waals surface area (Å²) in [5, 5.41) is 11.6. The molecule has 0 unspecified atom stereocenters. The van der Waals surface area contributed by atoms with Crippen LogP contribution < -0.4 is 4.90 Å². The minimum absolute atomic E-state index is 0.0699. The molecule has 0 bridgehead atoms. The Kier molecular flexibility index (Phi) is 4.87. The molecule has 0 aliphatic carbocycles. The summed E-state index contributed by atoms with van der Waals surface area (Å²) in [6, 6.07) is 21.6. The summed E-state index contributed by atoms with van der Waals surface area (Å²) < 4.78 is 0.937. The first-order valence-electron chi connectivity index (χ1n) is 10.2. The summed E-state index contributed by atoms with van der Waals surface area (Å²) in [7, 11) is 0. The molecule has 1 aromatic heterocycles. The molecule has 4 aromatic rings. The van der Waals surface area contributed by atoms with Crippen molar-refractivity contribution in [2.45, 2.75) is 19.9 Å². The molecule has 1 aliphatic rings. The van der Waals surface area contributed by atoms with Crippen molar-refractivity contribution in [3.05, 3.63) is 101 Å². The van der Waals surface area contributed by atoms with Crippen molar-refractivity contribution in [1.82, 2.24) is 4.98 Å². The van der Waals surface area contributed by atoms with Crippen LogP contribution in [0.15, 0.2) is 78.4 Å². The Morgan fingerprint density at radius 3 is 2.34 bits per heavy atom. The monoisotopic (exact) mass is 440 g/mol. The van der Waals surface area contributed by atoms with Gasteiger partial charge < -0.3 is 5.11 Å². The number of Topliss-reactive ketones (excluding diaryl/α,β-unsaturated/α-hetero) is 1. The minimum atomic E-state index is -0.765. The molecule has 0 spiro atoms. The highest BCUT2D eigenvalue weighted by molar-refractivity contribution is 7.22. The summed E-state index contributed by atoms with van der Waals surface area (Å²) in [6.07, 6.45) is 0. The molecule has 0 saturated carbocycles. The molecular formula is C26H20N2O3S. The van der Waals surface area contributed by atoms with Gasteiger partial charge in [-0.05, 0) is 37.1 Å². The van der Waals surface area contributed by atoms with Crippen LogP contribution in [-0.4, -0.2) is 21.8 Å². The molecule has 158 valence electrons. The number of ketones is 1. The predicted molar refractivity (Wildman–Crippen MR) is 127 cm³/mol. The molecule has 3 aromatic carbocycles. The number of thiazole rings is 1. The third-order valence-electron chi connectivity index (χ3n) is 5.62. The van der Waals surface area contributed by atoms with Crippen molar-refractivity contribution >= 4 is 44.1 Å². The van der Waals surface area contributed by atoms with E-state index in [2.05, 4.69) is 4.98 Å². The van der Waals surface area contributed by atoms with Crippen molar-refractivity contribution in [2.24, 2.45) is 0 Å². The molecular weight excluding hydrogens is 420 g/mol. The van der Waals surface area contributed by atoms with Crippen LogP contribution in [0.1, 0.15) is 28.3 Å². The quantitative estimate of drug-likeness (QED) is 0.258. The van der Waals surface area contributed by atoms with E-state index in [0.29, 0.717) is 10.7 Å². The topological polar surface area (TPSA) is 70.5 Å². The number of anilines is 1. The third-order valence-corrected chi connectivity index (χ3v) is 6.64. The van der Waals surface area contributed by atoms with Gasteiger partial charge in [0, 0.05) is 5.56 Å². The molecule has 5 nitrogen and oxygen atoms in total. The number of aromatic nitrogens is 1. The summed E-state index contributed by atoms with van der Waals surface area (Å²) in [5.41, 5.74) is 4.19. The van der Waals surface area contributed by atoms with E-state index >= 15 is 0 Å². The largest absolute Gasteiger partial charge is 0.507 e. The van der Waals surface area contributed by atoms with E-state index in [1.807, 2.05) is 74.5 Å². The fourth-order valence-electron chi connectivity index (χ4n) is 3.97. The zero-order valence-corrected chi connectivity index (χ0v) is 18.4. The standard InChI is InChI=1S/C26H20N2O3S/c1-15-8-11-18(12-9-15)23(29)21-22(17-6-4-3-5-7-17)28(25(31)24(21)30)26-27-19-13-10-16(2)14-20(19)32-26/h3-14,22,29H,1-2H3/t22-/m1/s1. The van der Waals surface area contributed by atoms with E-state index in [9.17, 15) is 14.7 Å². The number of nitrogens with zero attached hydrogens (tertiary/aromatic N) is 2. The molecule has 1 N–H and O–H groups in total. The first kappa shape index (κ1) is 20.2. The van der Waals surface area contributed by atoms with Crippen LogP contribution in [0.25, 0.3) is 16.0 Å². The number of hydrogen-bond acceptors (Lipinski definition) is 5. The summed E-state index contributed by atoms with van der Waals surface area (Å²) in [6.45, 7) is 3.94. The second-order valence-corrected chi connectivity index (χ2v) is 8.92. The molecule has 1 saturated heterocycles. The number of fused-ring (bicyclic) bond motifs is 1. The predicted octanol–water partition coefficient (Wildman–Crippen LogP) is 5.54. The average Bonchev–Trinajstić information content (AvgIpc) is 3.32. The maximum Gasteiger partial charge on any atom is 0.301 e. The number of carbonyl (C=O) groups excluding carboxylic acids is 2. The van der Waals surface area contributed by atoms with Gasteiger partial charge in [-0.3, -0.25) is 14.5 Å². The van der Waals surface area contributed by atoms with Crippen molar-refractivity contribution in [3.63, 3.8) is 0 Å². The lowest BCUT2D eigenvalue weighted by Gasteiger charge is -2.22. The van der Waals surface area contributed by atoms with E-state index < -0.39 is 17.7 Å². The summed E-state index contributed by atoms with van der Waals surface area (Å²) in [4.78, 5) is 32.5. The first-order chi connectivity index (χ1) is 15.4. The maximum atomic E-state index is 13.2. The fourth-order valence-corrected chi connectivity index (χ4v) is 5.06. The van der Waals surface area contributed by atoms with E-state index in [-0.39, 0.29) is 11.3 Å². The van der Waals surface area contributed by atoms with Gasteiger partial charge in [-0.2, -0.15) is 0 Å². The lowest BCUT2D eigenvalue weighted by molar-refractivity contribution is -0.132. The van der Waals surface area contributed by atoms with Gasteiger partial charge in [0.15, 0.2) is 5.13 Å². The van der Waals surface area contributed by atoms with Gasteiger partial charge in [0.05, 0.1) is 21.8 Å². The Morgan fingerprint density at radius 1 is 0.938 bits per heavy atom.